The average Bonchev–Trinajstić information content (AvgIpc) is 2.54. The number of urea groups is 1. The highest BCUT2D eigenvalue weighted by molar-refractivity contribution is 6.00. The maximum absolute atomic E-state index is 12.0. The third kappa shape index (κ3) is 4.85. The number of carbonyl (C=O) groups is 2. The lowest BCUT2D eigenvalue weighted by molar-refractivity contribution is 0.0527. The van der Waals surface area contributed by atoms with E-state index in [1.807, 2.05) is 31.2 Å². The highest BCUT2D eigenvalue weighted by Gasteiger charge is 2.13. The molecule has 0 aliphatic rings. The van der Waals surface area contributed by atoms with E-state index in [1.165, 1.54) is 0 Å². The SMILES string of the molecule is CCOC(=O)c1ccccc1NC(=O)NCc1cccc(C)c1. The van der Waals surface area contributed by atoms with Crippen LogP contribution in [-0.4, -0.2) is 18.6 Å². The van der Waals surface area contributed by atoms with Crippen LogP contribution < -0.4 is 10.6 Å². The highest BCUT2D eigenvalue weighted by Crippen LogP contribution is 2.16. The predicted octanol–water partition coefficient (Wildman–Crippen LogP) is 3.49. The molecular weight excluding hydrogens is 292 g/mol. The molecule has 2 aromatic carbocycles. The topological polar surface area (TPSA) is 67.4 Å². The van der Waals surface area contributed by atoms with Gasteiger partial charge in [0.15, 0.2) is 0 Å². The molecule has 0 spiro atoms. The second-order valence-corrected chi connectivity index (χ2v) is 5.06. The molecule has 2 aromatic rings. The van der Waals surface area contributed by atoms with Crippen LogP contribution in [0.15, 0.2) is 48.5 Å². The Morgan fingerprint density at radius 1 is 1.09 bits per heavy atom. The Morgan fingerprint density at radius 3 is 2.61 bits per heavy atom. The second-order valence-electron chi connectivity index (χ2n) is 5.06. The van der Waals surface area contributed by atoms with Crippen LogP contribution in [0, 0.1) is 6.92 Å². The Balaban J connectivity index is 1.99. The summed E-state index contributed by atoms with van der Waals surface area (Å²) >= 11 is 0. The molecule has 0 radical (unpaired) electrons. The number of hydrogen-bond acceptors (Lipinski definition) is 3. The Labute approximate surface area is 135 Å². The zero-order chi connectivity index (χ0) is 16.7. The molecule has 2 N–H and O–H groups in total. The summed E-state index contributed by atoms with van der Waals surface area (Å²) in [6.45, 7) is 4.43. The summed E-state index contributed by atoms with van der Waals surface area (Å²) in [6.07, 6.45) is 0. The van der Waals surface area contributed by atoms with Crippen LogP contribution in [0.2, 0.25) is 0 Å². The van der Waals surface area contributed by atoms with Crippen molar-refractivity contribution in [1.29, 1.82) is 0 Å². The van der Waals surface area contributed by atoms with Crippen LogP contribution in [0.5, 0.6) is 0 Å². The smallest absolute Gasteiger partial charge is 0.340 e. The molecule has 5 heteroatoms. The molecule has 0 saturated carbocycles. The number of rotatable bonds is 5. The zero-order valence-electron chi connectivity index (χ0n) is 13.3. The van der Waals surface area contributed by atoms with Gasteiger partial charge in [0.1, 0.15) is 0 Å². The largest absolute Gasteiger partial charge is 0.462 e. The van der Waals surface area contributed by atoms with E-state index in [-0.39, 0.29) is 12.6 Å². The van der Waals surface area contributed by atoms with Gasteiger partial charge in [0.05, 0.1) is 17.9 Å². The van der Waals surface area contributed by atoms with Gasteiger partial charge in [-0.3, -0.25) is 0 Å². The molecule has 0 aliphatic heterocycles. The molecule has 0 bridgehead atoms. The van der Waals surface area contributed by atoms with Gasteiger partial charge >= 0.3 is 12.0 Å². The molecule has 2 amide bonds. The first-order valence-electron chi connectivity index (χ1n) is 7.46. The molecule has 23 heavy (non-hydrogen) atoms. The second kappa shape index (κ2) is 7.98. The van der Waals surface area contributed by atoms with Gasteiger partial charge in [0, 0.05) is 6.54 Å². The summed E-state index contributed by atoms with van der Waals surface area (Å²) in [5.41, 5.74) is 2.91. The molecule has 0 aliphatic carbocycles. The van der Waals surface area contributed by atoms with E-state index in [0.29, 0.717) is 17.8 Å². The number of benzene rings is 2. The van der Waals surface area contributed by atoms with E-state index < -0.39 is 5.97 Å². The van der Waals surface area contributed by atoms with Gasteiger partial charge in [-0.05, 0) is 31.5 Å². The van der Waals surface area contributed by atoms with E-state index in [9.17, 15) is 9.59 Å². The number of para-hydroxylation sites is 1. The number of hydrogen-bond donors (Lipinski definition) is 2. The summed E-state index contributed by atoms with van der Waals surface area (Å²) < 4.78 is 4.98. The summed E-state index contributed by atoms with van der Waals surface area (Å²) in [5, 5.41) is 5.45. The van der Waals surface area contributed by atoms with Crippen LogP contribution in [0.3, 0.4) is 0 Å². The minimum atomic E-state index is -0.456. The van der Waals surface area contributed by atoms with Gasteiger partial charge in [0.25, 0.3) is 0 Å². The van der Waals surface area contributed by atoms with Gasteiger partial charge in [-0.25, -0.2) is 9.59 Å². The maximum atomic E-state index is 12.0. The highest BCUT2D eigenvalue weighted by atomic mass is 16.5. The predicted molar refractivity (Wildman–Crippen MR) is 89.4 cm³/mol. The molecule has 2 rings (SSSR count). The Bertz CT molecular complexity index is 698. The summed E-state index contributed by atoms with van der Waals surface area (Å²) in [5.74, 6) is -0.456. The lowest BCUT2D eigenvalue weighted by atomic mass is 10.1. The van der Waals surface area contributed by atoms with Crippen molar-refractivity contribution < 1.29 is 14.3 Å². The number of nitrogens with one attached hydrogen (secondary N) is 2. The van der Waals surface area contributed by atoms with E-state index in [0.717, 1.165) is 11.1 Å². The van der Waals surface area contributed by atoms with Gasteiger partial charge in [-0.2, -0.15) is 0 Å². The molecule has 0 saturated heterocycles. The minimum Gasteiger partial charge on any atom is -0.462 e. The molecule has 0 fully saturated rings. The van der Waals surface area contributed by atoms with Gasteiger partial charge in [-0.15, -0.1) is 0 Å². The number of carbonyl (C=O) groups excluding carboxylic acids is 2. The Kier molecular flexibility index (Phi) is 5.74. The lowest BCUT2D eigenvalue weighted by Gasteiger charge is -2.11. The zero-order valence-corrected chi connectivity index (χ0v) is 13.3. The summed E-state index contributed by atoms with van der Waals surface area (Å²) in [6, 6.07) is 14.3. The molecular formula is C18H20N2O3. The van der Waals surface area contributed by atoms with Crippen LogP contribution in [0.4, 0.5) is 10.5 Å². The summed E-state index contributed by atoms with van der Waals surface area (Å²) in [4.78, 5) is 23.9. The van der Waals surface area contributed by atoms with Crippen molar-refractivity contribution in [1.82, 2.24) is 5.32 Å². The van der Waals surface area contributed by atoms with Gasteiger partial charge in [-0.1, -0.05) is 42.0 Å². The van der Waals surface area contributed by atoms with Crippen molar-refractivity contribution in [3.63, 3.8) is 0 Å². The van der Waals surface area contributed by atoms with Crippen LogP contribution in [-0.2, 0) is 11.3 Å². The van der Waals surface area contributed by atoms with Crippen molar-refractivity contribution in [2.24, 2.45) is 0 Å². The normalized spacial score (nSPS) is 10.0. The molecule has 0 atom stereocenters. The van der Waals surface area contributed by atoms with E-state index in [1.54, 1.807) is 31.2 Å². The number of amides is 2. The van der Waals surface area contributed by atoms with Crippen LogP contribution in [0.1, 0.15) is 28.4 Å². The first-order valence-corrected chi connectivity index (χ1v) is 7.46. The lowest BCUT2D eigenvalue weighted by Crippen LogP contribution is -2.29. The third-order valence-corrected chi connectivity index (χ3v) is 3.21. The average molecular weight is 312 g/mol. The van der Waals surface area contributed by atoms with Crippen molar-refractivity contribution >= 4 is 17.7 Å². The standard InChI is InChI=1S/C18H20N2O3/c1-3-23-17(21)15-9-4-5-10-16(15)20-18(22)19-12-14-8-6-7-13(2)11-14/h4-11H,3,12H2,1-2H3,(H2,19,20,22). The molecule has 5 nitrogen and oxygen atoms in total. The number of esters is 1. The Hall–Kier alpha value is -2.82. The fourth-order valence-corrected chi connectivity index (χ4v) is 2.15. The minimum absolute atomic E-state index is 0.284. The van der Waals surface area contributed by atoms with Crippen LogP contribution in [0.25, 0.3) is 0 Å². The molecule has 0 aromatic heterocycles. The number of anilines is 1. The quantitative estimate of drug-likeness (QED) is 0.830. The van der Waals surface area contributed by atoms with Crippen molar-refractivity contribution in [2.75, 3.05) is 11.9 Å². The van der Waals surface area contributed by atoms with Crippen molar-refractivity contribution in [3.05, 3.63) is 65.2 Å². The number of aryl methyl sites for hydroxylation is 1. The van der Waals surface area contributed by atoms with Gasteiger partial charge in [0.2, 0.25) is 0 Å². The first kappa shape index (κ1) is 16.5. The Morgan fingerprint density at radius 2 is 1.87 bits per heavy atom. The molecule has 0 unspecified atom stereocenters. The number of ether oxygens (including phenoxy) is 1. The first-order chi connectivity index (χ1) is 11.1. The fraction of sp³-hybridized carbons (Fsp3) is 0.222. The van der Waals surface area contributed by atoms with Crippen molar-refractivity contribution in [2.45, 2.75) is 20.4 Å². The maximum Gasteiger partial charge on any atom is 0.340 e. The van der Waals surface area contributed by atoms with E-state index in [2.05, 4.69) is 10.6 Å². The van der Waals surface area contributed by atoms with E-state index >= 15 is 0 Å². The van der Waals surface area contributed by atoms with Crippen LogP contribution >= 0.6 is 0 Å². The van der Waals surface area contributed by atoms with Crippen molar-refractivity contribution in [3.8, 4) is 0 Å². The van der Waals surface area contributed by atoms with E-state index in [4.69, 9.17) is 4.74 Å². The molecule has 120 valence electrons. The molecule has 0 heterocycles. The van der Waals surface area contributed by atoms with Gasteiger partial charge < -0.3 is 15.4 Å². The third-order valence-electron chi connectivity index (χ3n) is 3.21. The monoisotopic (exact) mass is 312 g/mol. The summed E-state index contributed by atoms with van der Waals surface area (Å²) in [7, 11) is 0. The fourth-order valence-electron chi connectivity index (χ4n) is 2.15.